The first kappa shape index (κ1) is 17.9. The van der Waals surface area contributed by atoms with Crippen molar-refractivity contribution < 1.29 is 29.6 Å². The molecule has 0 spiro atoms. The van der Waals surface area contributed by atoms with Gasteiger partial charge in [0.1, 0.15) is 11.0 Å². The minimum absolute atomic E-state index is 0.124. The van der Waals surface area contributed by atoms with Crippen LogP contribution in [-0.2, 0) is 14.3 Å². The molecule has 0 radical (unpaired) electrons. The van der Waals surface area contributed by atoms with E-state index in [4.69, 9.17) is 4.74 Å². The summed E-state index contributed by atoms with van der Waals surface area (Å²) < 4.78 is 5.30. The molecule has 1 saturated heterocycles. The first-order chi connectivity index (χ1) is 11.9. The first-order valence-corrected chi connectivity index (χ1v) is 9.17. The molecule has 6 atom stereocenters. The van der Waals surface area contributed by atoms with Crippen molar-refractivity contribution in [1.82, 2.24) is 0 Å². The minimum atomic E-state index is -2.31. The average molecular weight is 362 g/mol. The van der Waals surface area contributed by atoms with Crippen LogP contribution in [-0.4, -0.2) is 44.6 Å². The van der Waals surface area contributed by atoms with Crippen molar-refractivity contribution in [3.8, 4) is 0 Å². The quantitative estimate of drug-likeness (QED) is 0.479. The van der Waals surface area contributed by atoms with Crippen LogP contribution < -0.4 is 0 Å². The highest BCUT2D eigenvalue weighted by Crippen LogP contribution is 2.71. The smallest absolute Gasteiger partial charge is 0.318 e. The maximum Gasteiger partial charge on any atom is 0.318 e. The standard InChI is InChI=1S/C20H26O6/c1-5-17(4)9-11-13(22)20(25)14-16(2,3)7-6-8-18(14,15(23)26-20)19(11,24)12(21)10-17/h5,9,12,14,21,24-25H,1,6-8,10H2,2-4H3/t12-,14+,17-,18+,19+,20-/m1/s1. The number of hydrogen-bond acceptors (Lipinski definition) is 6. The summed E-state index contributed by atoms with van der Waals surface area (Å²) in [7, 11) is 0. The van der Waals surface area contributed by atoms with Crippen molar-refractivity contribution in [2.75, 3.05) is 0 Å². The van der Waals surface area contributed by atoms with Gasteiger partial charge in [0.05, 0.1) is 12.0 Å². The molecule has 26 heavy (non-hydrogen) atoms. The van der Waals surface area contributed by atoms with Gasteiger partial charge in [0.15, 0.2) is 0 Å². The normalized spacial score (nSPS) is 51.8. The summed E-state index contributed by atoms with van der Waals surface area (Å²) in [4.78, 5) is 26.3. The number of aliphatic hydroxyl groups excluding tert-OH is 1. The van der Waals surface area contributed by atoms with E-state index < -0.39 is 51.4 Å². The number of fused-ring (bicyclic) bond motifs is 1. The van der Waals surface area contributed by atoms with E-state index in [9.17, 15) is 24.9 Å². The molecular formula is C20H26O6. The third-order valence-corrected chi connectivity index (χ3v) is 7.39. The van der Waals surface area contributed by atoms with Crippen molar-refractivity contribution in [1.29, 1.82) is 0 Å². The topological polar surface area (TPSA) is 104 Å². The molecule has 0 aromatic heterocycles. The summed E-state index contributed by atoms with van der Waals surface area (Å²) in [6.45, 7) is 9.28. The van der Waals surface area contributed by atoms with Crippen LogP contribution >= 0.6 is 0 Å². The molecule has 3 fully saturated rings. The Bertz CT molecular complexity index is 768. The summed E-state index contributed by atoms with van der Waals surface area (Å²) in [5, 5.41) is 34.0. The Morgan fingerprint density at radius 1 is 1.23 bits per heavy atom. The molecule has 2 saturated carbocycles. The summed E-state index contributed by atoms with van der Waals surface area (Å²) >= 11 is 0. The van der Waals surface area contributed by atoms with E-state index in [1.165, 1.54) is 0 Å². The van der Waals surface area contributed by atoms with Gasteiger partial charge in [-0.15, -0.1) is 6.58 Å². The highest BCUT2D eigenvalue weighted by Gasteiger charge is 2.85. The van der Waals surface area contributed by atoms with Crippen molar-refractivity contribution in [2.45, 2.75) is 63.9 Å². The maximum absolute atomic E-state index is 13.3. The second kappa shape index (κ2) is 4.66. The molecule has 6 nitrogen and oxygen atoms in total. The fourth-order valence-electron chi connectivity index (χ4n) is 6.25. The van der Waals surface area contributed by atoms with Gasteiger partial charge in [0.2, 0.25) is 5.78 Å². The maximum atomic E-state index is 13.3. The first-order valence-electron chi connectivity index (χ1n) is 9.17. The number of hydrogen-bond donors (Lipinski definition) is 3. The van der Waals surface area contributed by atoms with Gasteiger partial charge in [-0.3, -0.25) is 9.59 Å². The Kier molecular flexibility index (Phi) is 3.21. The number of carbonyl (C=O) groups is 2. The molecule has 6 heteroatoms. The Morgan fingerprint density at radius 3 is 2.50 bits per heavy atom. The summed E-state index contributed by atoms with van der Waals surface area (Å²) in [5.41, 5.74) is -5.08. The van der Waals surface area contributed by atoms with E-state index >= 15 is 0 Å². The molecule has 0 aromatic carbocycles. The van der Waals surface area contributed by atoms with E-state index in [2.05, 4.69) is 6.58 Å². The molecule has 142 valence electrons. The van der Waals surface area contributed by atoms with Gasteiger partial charge >= 0.3 is 5.97 Å². The lowest BCUT2D eigenvalue weighted by Crippen LogP contribution is -2.74. The van der Waals surface area contributed by atoms with Crippen LogP contribution in [0.1, 0.15) is 46.5 Å². The van der Waals surface area contributed by atoms with Crippen molar-refractivity contribution >= 4 is 11.8 Å². The van der Waals surface area contributed by atoms with Crippen LogP contribution in [0.5, 0.6) is 0 Å². The lowest BCUT2D eigenvalue weighted by atomic mass is 9.42. The number of esters is 1. The molecule has 4 rings (SSSR count). The van der Waals surface area contributed by atoms with Crippen LogP contribution in [0.25, 0.3) is 0 Å². The fourth-order valence-corrected chi connectivity index (χ4v) is 6.25. The zero-order valence-electron chi connectivity index (χ0n) is 15.4. The number of ether oxygens (including phenoxy) is 1. The summed E-state index contributed by atoms with van der Waals surface area (Å²) in [6, 6.07) is 0. The van der Waals surface area contributed by atoms with Crippen molar-refractivity contribution in [3.63, 3.8) is 0 Å². The van der Waals surface area contributed by atoms with E-state index in [0.717, 1.165) is 0 Å². The summed E-state index contributed by atoms with van der Waals surface area (Å²) in [5.74, 6) is -4.84. The molecule has 2 bridgehead atoms. The number of carbonyl (C=O) groups excluding carboxylic acids is 2. The Balaban J connectivity index is 2.07. The Labute approximate surface area is 152 Å². The zero-order valence-corrected chi connectivity index (χ0v) is 15.4. The fraction of sp³-hybridized carbons (Fsp3) is 0.700. The van der Waals surface area contributed by atoms with Gasteiger partial charge in [0.25, 0.3) is 5.79 Å². The summed E-state index contributed by atoms with van der Waals surface area (Å²) in [6.07, 6.45) is 3.49. The van der Waals surface area contributed by atoms with Crippen molar-refractivity contribution in [2.24, 2.45) is 22.2 Å². The molecule has 0 unspecified atom stereocenters. The van der Waals surface area contributed by atoms with E-state index in [1.807, 2.05) is 13.8 Å². The minimum Gasteiger partial charge on any atom is -0.424 e. The van der Waals surface area contributed by atoms with Gasteiger partial charge in [-0.1, -0.05) is 39.3 Å². The SMILES string of the molecule is C=C[C@]1(C)C=C2C(=O)[C@@]3(O)OC(=O)[C@@]4(CCCC(C)(C)[C@H]34)[C@@]2(O)[C@H](O)C1. The molecular weight excluding hydrogens is 336 g/mol. The second-order valence-electron chi connectivity index (χ2n) is 9.42. The monoisotopic (exact) mass is 362 g/mol. The van der Waals surface area contributed by atoms with Crippen LogP contribution in [0.15, 0.2) is 24.3 Å². The van der Waals surface area contributed by atoms with E-state index in [-0.39, 0.29) is 18.4 Å². The predicted octanol–water partition coefficient (Wildman–Crippen LogP) is 1.24. The number of aliphatic hydroxyl groups is 3. The number of Topliss-reactive ketones (excluding diaryl/α,β-unsaturated/α-hetero) is 1. The highest BCUT2D eigenvalue weighted by molar-refractivity contribution is 6.10. The molecule has 4 aliphatic rings. The number of allylic oxidation sites excluding steroid dienone is 2. The van der Waals surface area contributed by atoms with Gasteiger partial charge < -0.3 is 20.1 Å². The molecule has 1 heterocycles. The van der Waals surface area contributed by atoms with Crippen LogP contribution in [0.2, 0.25) is 0 Å². The van der Waals surface area contributed by atoms with Crippen LogP contribution in [0, 0.1) is 22.2 Å². The lowest BCUT2D eigenvalue weighted by molar-refractivity contribution is -0.247. The van der Waals surface area contributed by atoms with Crippen molar-refractivity contribution in [3.05, 3.63) is 24.3 Å². The van der Waals surface area contributed by atoms with Gasteiger partial charge in [-0.25, -0.2) is 0 Å². The van der Waals surface area contributed by atoms with E-state index in [1.54, 1.807) is 19.1 Å². The van der Waals surface area contributed by atoms with E-state index in [0.29, 0.717) is 12.8 Å². The molecule has 1 aliphatic heterocycles. The number of ketones is 1. The number of rotatable bonds is 1. The average Bonchev–Trinajstić information content (AvgIpc) is 2.78. The van der Waals surface area contributed by atoms with Crippen LogP contribution in [0.4, 0.5) is 0 Å². The third kappa shape index (κ3) is 1.65. The van der Waals surface area contributed by atoms with Gasteiger partial charge in [-0.2, -0.15) is 0 Å². The molecule has 3 aliphatic carbocycles. The zero-order chi connectivity index (χ0) is 19.3. The van der Waals surface area contributed by atoms with Crippen LogP contribution in [0.3, 0.4) is 0 Å². The Morgan fingerprint density at radius 2 is 1.88 bits per heavy atom. The predicted molar refractivity (Wildman–Crippen MR) is 91.6 cm³/mol. The third-order valence-electron chi connectivity index (χ3n) is 7.39. The van der Waals surface area contributed by atoms with Gasteiger partial charge in [0, 0.05) is 11.0 Å². The largest absolute Gasteiger partial charge is 0.424 e. The molecule has 0 amide bonds. The molecule has 0 aromatic rings. The lowest BCUT2D eigenvalue weighted by Gasteiger charge is -2.60. The second-order valence-corrected chi connectivity index (χ2v) is 9.42. The molecule has 3 N–H and O–H groups in total. The Hall–Kier alpha value is -1.50. The van der Waals surface area contributed by atoms with Gasteiger partial charge in [-0.05, 0) is 24.7 Å². The highest BCUT2D eigenvalue weighted by atomic mass is 16.7.